The Labute approximate surface area is 131 Å². The molecular weight excluding hydrogens is 285 g/mol. The average molecular weight is 306 g/mol. The fourth-order valence-electron chi connectivity index (χ4n) is 2.22. The second kappa shape index (κ2) is 7.06. The lowest BCUT2D eigenvalue weighted by Gasteiger charge is -2.16. The summed E-state index contributed by atoms with van der Waals surface area (Å²) < 4.78 is 13.7. The van der Waals surface area contributed by atoms with Crippen molar-refractivity contribution in [3.8, 4) is 0 Å². The lowest BCUT2D eigenvalue weighted by atomic mass is 9.99. The minimum absolute atomic E-state index is 0.168. The Morgan fingerprint density at radius 2 is 1.62 bits per heavy atom. The van der Waals surface area contributed by atoms with Crippen LogP contribution in [-0.2, 0) is 6.54 Å². The van der Waals surface area contributed by atoms with Gasteiger partial charge in [0.2, 0.25) is 0 Å². The van der Waals surface area contributed by atoms with E-state index in [0.717, 1.165) is 0 Å². The highest BCUT2D eigenvalue weighted by Gasteiger charge is 2.08. The SMILES string of the molecule is CC(C)c1ccc(C(C)NCc2ccc(Cl)cc2F)cc1. The summed E-state index contributed by atoms with van der Waals surface area (Å²) in [5.74, 6) is 0.267. The van der Waals surface area contributed by atoms with Crippen LogP contribution in [0.15, 0.2) is 42.5 Å². The van der Waals surface area contributed by atoms with E-state index in [1.54, 1.807) is 12.1 Å². The van der Waals surface area contributed by atoms with E-state index in [-0.39, 0.29) is 11.9 Å². The van der Waals surface area contributed by atoms with E-state index in [1.165, 1.54) is 17.2 Å². The van der Waals surface area contributed by atoms with Crippen LogP contribution in [0.3, 0.4) is 0 Å². The first-order chi connectivity index (χ1) is 9.97. The molecule has 2 aromatic carbocycles. The van der Waals surface area contributed by atoms with Gasteiger partial charge in [0.25, 0.3) is 0 Å². The van der Waals surface area contributed by atoms with Gasteiger partial charge in [0, 0.05) is 23.2 Å². The topological polar surface area (TPSA) is 12.0 Å². The predicted molar refractivity (Wildman–Crippen MR) is 87.2 cm³/mol. The van der Waals surface area contributed by atoms with E-state index in [2.05, 4.69) is 50.4 Å². The van der Waals surface area contributed by atoms with Crippen molar-refractivity contribution in [3.05, 3.63) is 70.0 Å². The Kier molecular flexibility index (Phi) is 5.38. The molecule has 0 heterocycles. The third kappa shape index (κ3) is 4.29. The van der Waals surface area contributed by atoms with Gasteiger partial charge in [0.15, 0.2) is 0 Å². The van der Waals surface area contributed by atoms with Gasteiger partial charge in [-0.1, -0.05) is 55.8 Å². The Morgan fingerprint density at radius 1 is 1.00 bits per heavy atom. The fraction of sp³-hybridized carbons (Fsp3) is 0.333. The normalized spacial score (nSPS) is 12.7. The van der Waals surface area contributed by atoms with Crippen molar-refractivity contribution in [3.63, 3.8) is 0 Å². The number of hydrogen-bond acceptors (Lipinski definition) is 1. The summed E-state index contributed by atoms with van der Waals surface area (Å²) in [6, 6.07) is 13.5. The van der Waals surface area contributed by atoms with Crippen molar-refractivity contribution in [2.75, 3.05) is 0 Å². The van der Waals surface area contributed by atoms with E-state index in [0.29, 0.717) is 23.0 Å². The van der Waals surface area contributed by atoms with E-state index >= 15 is 0 Å². The molecule has 0 aromatic heterocycles. The van der Waals surface area contributed by atoms with Crippen molar-refractivity contribution in [2.24, 2.45) is 0 Å². The number of rotatable bonds is 5. The molecule has 112 valence electrons. The van der Waals surface area contributed by atoms with E-state index in [1.807, 2.05) is 0 Å². The molecule has 2 aromatic rings. The number of nitrogens with one attached hydrogen (secondary N) is 1. The molecule has 1 unspecified atom stereocenters. The van der Waals surface area contributed by atoms with Crippen LogP contribution in [0, 0.1) is 5.82 Å². The van der Waals surface area contributed by atoms with Crippen LogP contribution in [0.1, 0.15) is 49.4 Å². The highest BCUT2D eigenvalue weighted by atomic mass is 35.5. The predicted octanol–water partition coefficient (Wildman–Crippen LogP) is 5.45. The molecule has 0 bridgehead atoms. The quantitative estimate of drug-likeness (QED) is 0.774. The summed E-state index contributed by atoms with van der Waals surface area (Å²) >= 11 is 5.76. The van der Waals surface area contributed by atoms with Crippen LogP contribution in [0.5, 0.6) is 0 Å². The molecule has 0 amide bonds. The smallest absolute Gasteiger partial charge is 0.129 e. The van der Waals surface area contributed by atoms with Gasteiger partial charge in [-0.05, 0) is 36.1 Å². The Bertz CT molecular complexity index is 593. The first kappa shape index (κ1) is 16.0. The molecule has 1 N–H and O–H groups in total. The van der Waals surface area contributed by atoms with Crippen LogP contribution in [-0.4, -0.2) is 0 Å². The zero-order valence-corrected chi connectivity index (χ0v) is 13.4. The maximum absolute atomic E-state index is 13.7. The summed E-state index contributed by atoms with van der Waals surface area (Å²) in [5.41, 5.74) is 3.16. The summed E-state index contributed by atoms with van der Waals surface area (Å²) in [6.07, 6.45) is 0. The van der Waals surface area contributed by atoms with Crippen molar-refractivity contribution >= 4 is 11.6 Å². The first-order valence-electron chi connectivity index (χ1n) is 7.24. The highest BCUT2D eigenvalue weighted by molar-refractivity contribution is 6.30. The number of hydrogen-bond donors (Lipinski definition) is 1. The van der Waals surface area contributed by atoms with Crippen LogP contribution < -0.4 is 5.32 Å². The highest BCUT2D eigenvalue weighted by Crippen LogP contribution is 2.20. The summed E-state index contributed by atoms with van der Waals surface area (Å²) in [5, 5.41) is 3.77. The van der Waals surface area contributed by atoms with Crippen molar-refractivity contribution in [1.82, 2.24) is 5.32 Å². The molecule has 0 fully saturated rings. The van der Waals surface area contributed by atoms with E-state index < -0.39 is 0 Å². The minimum Gasteiger partial charge on any atom is -0.306 e. The Balaban J connectivity index is 1.99. The molecular formula is C18H21ClFN. The minimum atomic E-state index is -0.266. The van der Waals surface area contributed by atoms with Crippen LogP contribution in [0.4, 0.5) is 4.39 Å². The molecule has 0 aliphatic rings. The lowest BCUT2D eigenvalue weighted by molar-refractivity contribution is 0.544. The molecule has 0 aliphatic carbocycles. The van der Waals surface area contributed by atoms with Crippen LogP contribution >= 0.6 is 11.6 Å². The van der Waals surface area contributed by atoms with Crippen LogP contribution in [0.25, 0.3) is 0 Å². The molecule has 1 nitrogen and oxygen atoms in total. The van der Waals surface area contributed by atoms with E-state index in [4.69, 9.17) is 11.6 Å². The number of benzene rings is 2. The molecule has 21 heavy (non-hydrogen) atoms. The van der Waals surface area contributed by atoms with Crippen LogP contribution in [0.2, 0.25) is 5.02 Å². The van der Waals surface area contributed by atoms with Crippen molar-refractivity contribution in [1.29, 1.82) is 0 Å². The van der Waals surface area contributed by atoms with Gasteiger partial charge < -0.3 is 5.32 Å². The zero-order valence-electron chi connectivity index (χ0n) is 12.7. The zero-order chi connectivity index (χ0) is 15.4. The fourth-order valence-corrected chi connectivity index (χ4v) is 2.37. The van der Waals surface area contributed by atoms with Gasteiger partial charge in [-0.3, -0.25) is 0 Å². The molecule has 0 spiro atoms. The van der Waals surface area contributed by atoms with Gasteiger partial charge in [0.05, 0.1) is 0 Å². The summed E-state index contributed by atoms with van der Waals surface area (Å²) in [6.45, 7) is 6.92. The van der Waals surface area contributed by atoms with Crippen molar-refractivity contribution < 1.29 is 4.39 Å². The largest absolute Gasteiger partial charge is 0.306 e. The van der Waals surface area contributed by atoms with Gasteiger partial charge in [0.1, 0.15) is 5.82 Å². The van der Waals surface area contributed by atoms with Gasteiger partial charge >= 0.3 is 0 Å². The second-order valence-electron chi connectivity index (χ2n) is 5.66. The van der Waals surface area contributed by atoms with Gasteiger partial charge in [-0.15, -0.1) is 0 Å². The molecule has 0 saturated heterocycles. The molecule has 2 rings (SSSR count). The molecule has 3 heteroatoms. The third-order valence-corrected chi connectivity index (χ3v) is 3.95. The van der Waals surface area contributed by atoms with Gasteiger partial charge in [-0.2, -0.15) is 0 Å². The molecule has 0 saturated carbocycles. The third-order valence-electron chi connectivity index (χ3n) is 3.72. The number of halogens is 2. The first-order valence-corrected chi connectivity index (χ1v) is 7.62. The Hall–Kier alpha value is -1.38. The lowest BCUT2D eigenvalue weighted by Crippen LogP contribution is -2.18. The standard InChI is InChI=1S/C18H21ClFN/c1-12(2)14-4-6-15(7-5-14)13(3)21-11-16-8-9-17(19)10-18(16)20/h4-10,12-13,21H,11H2,1-3H3. The molecule has 0 radical (unpaired) electrons. The molecule has 0 aliphatic heterocycles. The summed E-state index contributed by atoms with van der Waals surface area (Å²) in [7, 11) is 0. The summed E-state index contributed by atoms with van der Waals surface area (Å²) in [4.78, 5) is 0. The monoisotopic (exact) mass is 305 g/mol. The maximum Gasteiger partial charge on any atom is 0.129 e. The molecule has 1 atom stereocenters. The van der Waals surface area contributed by atoms with Gasteiger partial charge in [-0.25, -0.2) is 4.39 Å². The van der Waals surface area contributed by atoms with E-state index in [9.17, 15) is 4.39 Å². The second-order valence-corrected chi connectivity index (χ2v) is 6.10. The average Bonchev–Trinajstić information content (AvgIpc) is 2.46. The Morgan fingerprint density at radius 3 is 2.19 bits per heavy atom. The van der Waals surface area contributed by atoms with Crippen molar-refractivity contribution in [2.45, 2.75) is 39.3 Å². The maximum atomic E-state index is 13.7.